The number of anilines is 1. The Labute approximate surface area is 103 Å². The Morgan fingerprint density at radius 2 is 2.17 bits per heavy atom. The summed E-state index contributed by atoms with van der Waals surface area (Å²) >= 11 is 0. The molecular formula is C11H13N5O2. The van der Waals surface area contributed by atoms with E-state index < -0.39 is 4.92 Å². The molecule has 1 aromatic carbocycles. The van der Waals surface area contributed by atoms with Crippen LogP contribution in [0.3, 0.4) is 0 Å². The fraction of sp³-hybridized carbons (Fsp3) is 0.273. The highest BCUT2D eigenvalue weighted by atomic mass is 16.6. The molecule has 0 aliphatic heterocycles. The van der Waals surface area contributed by atoms with Crippen LogP contribution in [0.5, 0.6) is 0 Å². The van der Waals surface area contributed by atoms with Crippen molar-refractivity contribution in [2.75, 3.05) is 5.73 Å². The number of nitrogens with two attached hydrogens (primary N) is 1. The molecule has 0 aliphatic rings. The maximum atomic E-state index is 10.8. The van der Waals surface area contributed by atoms with Gasteiger partial charge in [-0.3, -0.25) is 10.1 Å². The van der Waals surface area contributed by atoms with Crippen molar-refractivity contribution >= 4 is 11.4 Å². The molecule has 2 aromatic rings. The van der Waals surface area contributed by atoms with E-state index in [1.807, 2.05) is 18.4 Å². The number of aromatic nitrogens is 3. The van der Waals surface area contributed by atoms with Gasteiger partial charge >= 0.3 is 0 Å². The highest BCUT2D eigenvalue weighted by molar-refractivity contribution is 5.68. The molecule has 7 nitrogen and oxygen atoms in total. The Bertz CT molecular complexity index is 591. The van der Waals surface area contributed by atoms with Crippen molar-refractivity contribution in [3.05, 3.63) is 34.6 Å². The second kappa shape index (κ2) is 4.44. The number of nitrogens with zero attached hydrogens (tertiary/aromatic N) is 4. The molecular weight excluding hydrogens is 234 g/mol. The maximum Gasteiger partial charge on any atom is 0.292 e. The Kier molecular flexibility index (Phi) is 2.97. The van der Waals surface area contributed by atoms with Crippen molar-refractivity contribution in [2.45, 2.75) is 19.9 Å². The van der Waals surface area contributed by atoms with Gasteiger partial charge in [-0.05, 0) is 26.0 Å². The first-order valence-corrected chi connectivity index (χ1v) is 5.44. The molecule has 1 aromatic heterocycles. The third-order valence-corrected chi connectivity index (χ3v) is 2.61. The number of rotatable bonds is 3. The standard InChI is InChI=1S/C11H13N5O2/c1-7(2)15-6-13-14-11(15)8-3-4-9(12)10(5-8)16(17)18/h3-7H,12H2,1-2H3. The minimum absolute atomic E-state index is 0.120. The molecule has 0 radical (unpaired) electrons. The lowest BCUT2D eigenvalue weighted by Crippen LogP contribution is -2.02. The molecule has 2 rings (SSSR count). The lowest BCUT2D eigenvalue weighted by molar-refractivity contribution is -0.383. The Balaban J connectivity index is 2.54. The van der Waals surface area contributed by atoms with Crippen molar-refractivity contribution in [1.82, 2.24) is 14.8 Å². The molecule has 0 saturated heterocycles. The summed E-state index contributed by atoms with van der Waals surface area (Å²) in [7, 11) is 0. The van der Waals surface area contributed by atoms with Crippen molar-refractivity contribution in [1.29, 1.82) is 0 Å². The van der Waals surface area contributed by atoms with E-state index in [2.05, 4.69) is 10.2 Å². The van der Waals surface area contributed by atoms with Gasteiger partial charge in [0.25, 0.3) is 5.69 Å². The van der Waals surface area contributed by atoms with Gasteiger partial charge < -0.3 is 10.3 Å². The number of nitrogen functional groups attached to an aromatic ring is 1. The average Bonchev–Trinajstić information content (AvgIpc) is 2.78. The summed E-state index contributed by atoms with van der Waals surface area (Å²) < 4.78 is 1.84. The van der Waals surface area contributed by atoms with Crippen LogP contribution in [-0.4, -0.2) is 19.7 Å². The number of benzene rings is 1. The highest BCUT2D eigenvalue weighted by Crippen LogP contribution is 2.28. The van der Waals surface area contributed by atoms with Crippen molar-refractivity contribution < 1.29 is 4.92 Å². The summed E-state index contributed by atoms with van der Waals surface area (Å²) in [6, 6.07) is 4.79. The second-order valence-electron chi connectivity index (χ2n) is 4.19. The lowest BCUT2D eigenvalue weighted by atomic mass is 10.1. The predicted octanol–water partition coefficient (Wildman–Crippen LogP) is 2.02. The van der Waals surface area contributed by atoms with Crippen LogP contribution in [-0.2, 0) is 0 Å². The first-order valence-electron chi connectivity index (χ1n) is 5.44. The molecule has 0 spiro atoms. The van der Waals surface area contributed by atoms with Crippen molar-refractivity contribution in [2.24, 2.45) is 0 Å². The lowest BCUT2D eigenvalue weighted by Gasteiger charge is -2.10. The minimum atomic E-state index is -0.505. The van der Waals surface area contributed by atoms with Crippen LogP contribution in [0.1, 0.15) is 19.9 Å². The maximum absolute atomic E-state index is 10.8. The van der Waals surface area contributed by atoms with Gasteiger partial charge in [-0.25, -0.2) is 0 Å². The third kappa shape index (κ3) is 2.02. The van der Waals surface area contributed by atoms with Gasteiger partial charge in [-0.15, -0.1) is 10.2 Å². The molecule has 0 fully saturated rings. The minimum Gasteiger partial charge on any atom is -0.393 e. The second-order valence-corrected chi connectivity index (χ2v) is 4.19. The molecule has 1 heterocycles. The fourth-order valence-electron chi connectivity index (χ4n) is 1.67. The topological polar surface area (TPSA) is 99.9 Å². The van der Waals surface area contributed by atoms with Crippen LogP contribution in [0.4, 0.5) is 11.4 Å². The van der Waals surface area contributed by atoms with Gasteiger partial charge in [-0.1, -0.05) is 0 Å². The molecule has 0 saturated carbocycles. The van der Waals surface area contributed by atoms with Gasteiger partial charge in [0.2, 0.25) is 0 Å². The van der Waals surface area contributed by atoms with Crippen LogP contribution in [0.2, 0.25) is 0 Å². The van der Waals surface area contributed by atoms with E-state index in [-0.39, 0.29) is 17.4 Å². The summed E-state index contributed by atoms with van der Waals surface area (Å²) in [5.41, 5.74) is 6.20. The molecule has 0 atom stereocenters. The SMILES string of the molecule is CC(C)n1cnnc1-c1ccc(N)c([N+](=O)[O-])c1. The summed E-state index contributed by atoms with van der Waals surface area (Å²) in [6.45, 7) is 3.97. The quantitative estimate of drug-likeness (QED) is 0.508. The van der Waals surface area contributed by atoms with Crippen LogP contribution in [0.25, 0.3) is 11.4 Å². The molecule has 0 amide bonds. The zero-order valence-corrected chi connectivity index (χ0v) is 10.1. The number of hydrogen-bond donors (Lipinski definition) is 1. The zero-order chi connectivity index (χ0) is 13.3. The first kappa shape index (κ1) is 12.0. The van der Waals surface area contributed by atoms with Crippen LogP contribution < -0.4 is 5.73 Å². The van der Waals surface area contributed by atoms with Crippen LogP contribution in [0.15, 0.2) is 24.5 Å². The summed E-state index contributed by atoms with van der Waals surface area (Å²) in [6.07, 6.45) is 1.60. The van der Waals surface area contributed by atoms with Crippen molar-refractivity contribution in [3.8, 4) is 11.4 Å². The zero-order valence-electron chi connectivity index (χ0n) is 10.1. The predicted molar refractivity (Wildman–Crippen MR) is 66.9 cm³/mol. The third-order valence-electron chi connectivity index (χ3n) is 2.61. The van der Waals surface area contributed by atoms with Gasteiger partial charge in [0.1, 0.15) is 12.0 Å². The van der Waals surface area contributed by atoms with E-state index in [9.17, 15) is 10.1 Å². The molecule has 0 unspecified atom stereocenters. The highest BCUT2D eigenvalue weighted by Gasteiger charge is 2.16. The van der Waals surface area contributed by atoms with E-state index in [1.54, 1.807) is 12.4 Å². The number of hydrogen-bond acceptors (Lipinski definition) is 5. The van der Waals surface area contributed by atoms with E-state index >= 15 is 0 Å². The Morgan fingerprint density at radius 1 is 1.44 bits per heavy atom. The van der Waals surface area contributed by atoms with Crippen molar-refractivity contribution in [3.63, 3.8) is 0 Å². The van der Waals surface area contributed by atoms with E-state index in [0.29, 0.717) is 11.4 Å². The summed E-state index contributed by atoms with van der Waals surface area (Å²) in [5.74, 6) is 0.591. The summed E-state index contributed by atoms with van der Waals surface area (Å²) in [5, 5.41) is 18.7. The van der Waals surface area contributed by atoms with E-state index in [4.69, 9.17) is 5.73 Å². The molecule has 94 valence electrons. The van der Waals surface area contributed by atoms with Gasteiger partial charge in [0.15, 0.2) is 5.82 Å². The van der Waals surface area contributed by atoms with E-state index in [1.165, 1.54) is 12.1 Å². The Hall–Kier alpha value is -2.44. The van der Waals surface area contributed by atoms with Gasteiger partial charge in [-0.2, -0.15) is 0 Å². The molecule has 0 bridgehead atoms. The molecule has 2 N–H and O–H groups in total. The first-order chi connectivity index (χ1) is 8.50. The Morgan fingerprint density at radius 3 is 2.78 bits per heavy atom. The van der Waals surface area contributed by atoms with E-state index in [0.717, 1.165) is 0 Å². The average molecular weight is 247 g/mol. The monoisotopic (exact) mass is 247 g/mol. The van der Waals surface area contributed by atoms with Gasteiger partial charge in [0.05, 0.1) is 4.92 Å². The normalized spacial score (nSPS) is 10.8. The largest absolute Gasteiger partial charge is 0.393 e. The number of nitro benzene ring substituents is 1. The molecule has 18 heavy (non-hydrogen) atoms. The fourth-order valence-corrected chi connectivity index (χ4v) is 1.67. The molecule has 0 aliphatic carbocycles. The smallest absolute Gasteiger partial charge is 0.292 e. The number of nitro groups is 1. The summed E-state index contributed by atoms with van der Waals surface area (Å²) in [4.78, 5) is 10.3. The van der Waals surface area contributed by atoms with Crippen LogP contribution >= 0.6 is 0 Å². The molecule has 7 heteroatoms. The van der Waals surface area contributed by atoms with Crippen LogP contribution in [0, 0.1) is 10.1 Å². The van der Waals surface area contributed by atoms with Gasteiger partial charge in [0, 0.05) is 17.7 Å².